The maximum atomic E-state index is 13.8. The van der Waals surface area contributed by atoms with Gasteiger partial charge in [0.1, 0.15) is 34.9 Å². The van der Waals surface area contributed by atoms with Gasteiger partial charge in [0.05, 0.1) is 5.71 Å². The number of nitrogens with two attached hydrogens (primary N) is 1. The lowest BCUT2D eigenvalue weighted by atomic mass is 9.62. The zero-order chi connectivity index (χ0) is 35.1. The van der Waals surface area contributed by atoms with E-state index in [4.69, 9.17) is 15.3 Å². The Kier molecular flexibility index (Phi) is 12.9. The summed E-state index contributed by atoms with van der Waals surface area (Å²) in [5, 5.41) is 16.8. The number of nitrogens with zero attached hydrogens (tertiary/aromatic N) is 3. The molecule has 0 spiro atoms. The molecule has 3 N–H and O–H groups in total. The monoisotopic (exact) mass is 650 g/mol. The summed E-state index contributed by atoms with van der Waals surface area (Å²) >= 11 is 0. The quantitative estimate of drug-likeness (QED) is 0.137. The topological polar surface area (TPSA) is 154 Å². The number of hydrogen-bond acceptors (Lipinski definition) is 9. The number of aromatic nitrogens is 1. The average molecular weight is 651 g/mol. The summed E-state index contributed by atoms with van der Waals surface area (Å²) in [5.74, 6) is 2.71. The standard InChI is InChI=1S/C37H54N4O6/c1-10-31-37(9,45)30-17-16-29(41-46-20-12-14-28-13-11-15-32(38)40-28)18-19-36(8,21-22(2)33(24(30)4)39-27(7)42)26(6)23(3)34(43)25(5)35(44)47-31/h11,13,15,22-26,30-31,45H,10,16-21H2,1-9H3,(H2,38,40)/b39-33?,41-29+/t22-,23-,24-,25-,26-,30-,31-,36-,37+/m1/s1. The van der Waals surface area contributed by atoms with Crippen molar-refractivity contribution in [3.8, 4) is 11.8 Å². The Morgan fingerprint density at radius 2 is 1.85 bits per heavy atom. The van der Waals surface area contributed by atoms with Gasteiger partial charge in [0.2, 0.25) is 5.91 Å². The summed E-state index contributed by atoms with van der Waals surface area (Å²) in [4.78, 5) is 54.1. The molecule has 1 aliphatic carbocycles. The van der Waals surface area contributed by atoms with E-state index in [2.05, 4.69) is 47.7 Å². The number of anilines is 1. The number of rotatable bonds is 3. The first-order valence-corrected chi connectivity index (χ1v) is 17.0. The van der Waals surface area contributed by atoms with Crippen molar-refractivity contribution < 1.29 is 29.1 Å². The number of oxime groups is 1. The van der Waals surface area contributed by atoms with E-state index < -0.39 is 40.8 Å². The minimum Gasteiger partial charge on any atom is -0.459 e. The minimum atomic E-state index is -1.51. The smallest absolute Gasteiger partial charge is 0.316 e. The zero-order valence-corrected chi connectivity index (χ0v) is 29.6. The SMILES string of the molecule is CC[C@H]1OC(=O)[C@H](C)C(=O)[C@H](C)[C@@H](C)[C@]2(C)CC/C(=N/OCC#Cc3cccc(N)n3)CC[C@H]([C@@H](C)C(=NC(C)=O)[C@H](C)C2)[C@]1(C)O. The molecule has 0 aromatic carbocycles. The van der Waals surface area contributed by atoms with Gasteiger partial charge in [-0.05, 0) is 93.6 Å². The van der Waals surface area contributed by atoms with Crippen molar-refractivity contribution in [2.75, 3.05) is 12.3 Å². The van der Waals surface area contributed by atoms with Crippen molar-refractivity contribution in [2.24, 2.45) is 51.1 Å². The first-order valence-electron chi connectivity index (χ1n) is 17.0. The number of aliphatic imine (C=N–C) groups is 1. The molecule has 3 rings (SSSR count). The van der Waals surface area contributed by atoms with E-state index >= 15 is 0 Å². The number of esters is 1. The van der Waals surface area contributed by atoms with Crippen LogP contribution >= 0.6 is 0 Å². The van der Waals surface area contributed by atoms with Crippen LogP contribution in [-0.2, 0) is 24.0 Å². The third-order valence-corrected chi connectivity index (χ3v) is 10.8. The van der Waals surface area contributed by atoms with E-state index in [1.165, 1.54) is 6.92 Å². The Bertz CT molecular complexity index is 1430. The molecule has 10 heteroatoms. The number of ketones is 1. The molecule has 1 saturated carbocycles. The number of pyridine rings is 1. The molecule has 1 saturated heterocycles. The Morgan fingerprint density at radius 3 is 2.49 bits per heavy atom. The highest BCUT2D eigenvalue weighted by molar-refractivity contribution is 6.00. The van der Waals surface area contributed by atoms with Crippen LogP contribution in [0.15, 0.2) is 28.3 Å². The lowest BCUT2D eigenvalue weighted by molar-refractivity contribution is -0.178. The summed E-state index contributed by atoms with van der Waals surface area (Å²) in [5.41, 5.74) is 5.92. The Hall–Kier alpha value is -3.58. The molecule has 9 atom stereocenters. The average Bonchev–Trinajstić information content (AvgIpc) is 3.03. The largest absolute Gasteiger partial charge is 0.459 e. The Morgan fingerprint density at radius 1 is 1.15 bits per heavy atom. The maximum absolute atomic E-state index is 13.8. The molecule has 258 valence electrons. The highest BCUT2D eigenvalue weighted by Crippen LogP contribution is 2.47. The van der Waals surface area contributed by atoms with Crippen molar-refractivity contribution in [3.05, 3.63) is 23.9 Å². The predicted molar refractivity (Wildman–Crippen MR) is 183 cm³/mol. The number of aliphatic hydroxyl groups is 1. The van der Waals surface area contributed by atoms with Gasteiger partial charge in [-0.3, -0.25) is 14.4 Å². The fraction of sp³-hybridized carbons (Fsp3) is 0.676. The number of carbonyl (C=O) groups is 3. The van der Waals surface area contributed by atoms with Crippen molar-refractivity contribution in [3.63, 3.8) is 0 Å². The van der Waals surface area contributed by atoms with E-state index in [1.807, 2.05) is 20.8 Å². The lowest BCUT2D eigenvalue weighted by Crippen LogP contribution is -2.53. The van der Waals surface area contributed by atoms with E-state index in [-0.39, 0.29) is 36.1 Å². The van der Waals surface area contributed by atoms with Crippen LogP contribution in [0.25, 0.3) is 0 Å². The van der Waals surface area contributed by atoms with Crippen molar-refractivity contribution in [2.45, 2.75) is 113 Å². The first kappa shape index (κ1) is 37.9. The third-order valence-electron chi connectivity index (χ3n) is 10.8. The summed E-state index contributed by atoms with van der Waals surface area (Å²) in [6.45, 7) is 16.8. The van der Waals surface area contributed by atoms with Gasteiger partial charge in [0, 0.05) is 24.5 Å². The third kappa shape index (κ3) is 9.28. The number of Topliss-reactive ketones (excluding diaryl/α,β-unsaturated/α-hetero) is 1. The second-order valence-corrected chi connectivity index (χ2v) is 14.2. The number of cyclic esters (lactones) is 1. The lowest BCUT2D eigenvalue weighted by Gasteiger charge is -2.44. The van der Waals surface area contributed by atoms with E-state index in [0.717, 1.165) is 5.71 Å². The van der Waals surface area contributed by atoms with Gasteiger partial charge in [-0.15, -0.1) is 0 Å². The van der Waals surface area contributed by atoms with Gasteiger partial charge in [-0.25, -0.2) is 9.98 Å². The number of amides is 1. The van der Waals surface area contributed by atoms with Gasteiger partial charge in [0.15, 0.2) is 6.61 Å². The van der Waals surface area contributed by atoms with E-state index in [9.17, 15) is 19.5 Å². The van der Waals surface area contributed by atoms with E-state index in [0.29, 0.717) is 55.7 Å². The zero-order valence-electron chi connectivity index (χ0n) is 29.6. The second-order valence-electron chi connectivity index (χ2n) is 14.2. The van der Waals surface area contributed by atoms with Crippen molar-refractivity contribution in [1.29, 1.82) is 0 Å². The van der Waals surface area contributed by atoms with Crippen LogP contribution in [0.1, 0.15) is 107 Å². The highest BCUT2D eigenvalue weighted by atomic mass is 16.6. The molecule has 0 unspecified atom stereocenters. The minimum absolute atomic E-state index is 0.0505. The molecule has 2 heterocycles. The number of hydrogen-bond donors (Lipinski definition) is 2. The van der Waals surface area contributed by atoms with Crippen molar-refractivity contribution in [1.82, 2.24) is 4.98 Å². The normalized spacial score (nSPS) is 35.9. The van der Waals surface area contributed by atoms with Crippen LogP contribution in [0, 0.1) is 52.8 Å². The van der Waals surface area contributed by atoms with Crippen molar-refractivity contribution >= 4 is 34.9 Å². The van der Waals surface area contributed by atoms with Crippen LogP contribution in [0.3, 0.4) is 0 Å². The molecule has 0 radical (unpaired) electrons. The fourth-order valence-electron chi connectivity index (χ4n) is 7.65. The molecule has 1 aromatic rings. The molecule has 2 fully saturated rings. The predicted octanol–water partition coefficient (Wildman–Crippen LogP) is 5.80. The van der Waals surface area contributed by atoms with Gasteiger partial charge in [-0.1, -0.05) is 58.7 Å². The molecule has 47 heavy (non-hydrogen) atoms. The molecule has 1 amide bonds. The number of nitrogen functional groups attached to an aromatic ring is 1. The molecule has 10 nitrogen and oxygen atoms in total. The fourth-order valence-corrected chi connectivity index (χ4v) is 7.65. The van der Waals surface area contributed by atoms with E-state index in [1.54, 1.807) is 32.0 Å². The van der Waals surface area contributed by atoms with Crippen LogP contribution in [-0.4, -0.2) is 57.5 Å². The van der Waals surface area contributed by atoms with Crippen LogP contribution in [0.2, 0.25) is 0 Å². The van der Waals surface area contributed by atoms with Crippen LogP contribution < -0.4 is 5.73 Å². The second kappa shape index (κ2) is 16.0. The van der Waals surface area contributed by atoms with Gasteiger partial charge >= 0.3 is 5.97 Å². The summed E-state index contributed by atoms with van der Waals surface area (Å²) in [6.07, 6.45) is 2.37. The van der Waals surface area contributed by atoms with Gasteiger partial charge < -0.3 is 20.4 Å². The summed E-state index contributed by atoms with van der Waals surface area (Å²) in [6, 6.07) is 5.25. The van der Waals surface area contributed by atoms with Gasteiger partial charge in [0.25, 0.3) is 0 Å². The Labute approximate surface area is 280 Å². The maximum Gasteiger partial charge on any atom is 0.316 e. The molecule has 2 bridgehead atoms. The first-order chi connectivity index (χ1) is 22.0. The summed E-state index contributed by atoms with van der Waals surface area (Å²) in [7, 11) is 0. The molecule has 2 aliphatic rings. The Balaban J connectivity index is 2.15. The summed E-state index contributed by atoms with van der Waals surface area (Å²) < 4.78 is 5.96. The molecule has 1 aromatic heterocycles. The number of fused-ring (bicyclic) bond motifs is 5. The number of ether oxygens (including phenoxy) is 1. The van der Waals surface area contributed by atoms with Gasteiger partial charge in [-0.2, -0.15) is 0 Å². The molecule has 1 aliphatic heterocycles. The number of carbonyl (C=O) groups excluding carboxylic acids is 3. The molecular formula is C37H54N4O6. The molecular weight excluding hydrogens is 596 g/mol. The van der Waals surface area contributed by atoms with Crippen LogP contribution in [0.5, 0.6) is 0 Å². The van der Waals surface area contributed by atoms with Crippen LogP contribution in [0.4, 0.5) is 5.82 Å². The highest BCUT2D eigenvalue weighted by Gasteiger charge is 2.49.